The predicted molar refractivity (Wildman–Crippen MR) is 262 cm³/mol. The van der Waals surface area contributed by atoms with E-state index in [1.54, 1.807) is 30.5 Å². The number of hydrogen-bond donors (Lipinski definition) is 4. The van der Waals surface area contributed by atoms with Gasteiger partial charge < -0.3 is 34.5 Å². The van der Waals surface area contributed by atoms with E-state index in [1.165, 1.54) is 43.2 Å². The molecule has 17 heteroatoms. The van der Waals surface area contributed by atoms with Crippen LogP contribution in [0.5, 0.6) is 17.2 Å². The molecule has 1 amide bonds. The highest BCUT2D eigenvalue weighted by Crippen LogP contribution is 2.54. The third-order valence-corrected chi connectivity index (χ3v) is 17.0. The number of H-pyrrole nitrogens is 1. The summed E-state index contributed by atoms with van der Waals surface area (Å²) in [6.07, 6.45) is 11.2. The first-order valence-corrected chi connectivity index (χ1v) is 25.8. The van der Waals surface area contributed by atoms with Gasteiger partial charge in [-0.3, -0.25) is 9.69 Å². The van der Waals surface area contributed by atoms with Crippen LogP contribution in [0.2, 0.25) is 0 Å². The second-order valence-electron chi connectivity index (χ2n) is 20.5. The third-order valence-electron chi connectivity index (χ3n) is 15.7. The number of pyridine rings is 1. The normalized spacial score (nSPS) is 23.7. The molecule has 0 bridgehead atoms. The number of nitrogens with one attached hydrogen (secondary N) is 3. The minimum atomic E-state index is -4.63. The first kappa shape index (κ1) is 46.7. The van der Waals surface area contributed by atoms with Crippen LogP contribution in [0.1, 0.15) is 129 Å². The molecule has 2 aliphatic carbocycles. The van der Waals surface area contributed by atoms with Gasteiger partial charge in [0.2, 0.25) is 0 Å². The largest absolute Gasteiger partial charge is 0.489 e. The molecule has 5 aliphatic rings. The van der Waals surface area contributed by atoms with E-state index in [9.17, 15) is 28.0 Å². The van der Waals surface area contributed by atoms with E-state index in [1.807, 2.05) is 6.92 Å². The second-order valence-corrected chi connectivity index (χ2v) is 22.2. The van der Waals surface area contributed by atoms with Crippen LogP contribution in [0.3, 0.4) is 0 Å². The zero-order chi connectivity index (χ0) is 48.2. The number of aromatic nitrogens is 2. The molecule has 2 saturated carbocycles. The van der Waals surface area contributed by atoms with Gasteiger partial charge in [-0.05, 0) is 142 Å². The fourth-order valence-corrected chi connectivity index (χ4v) is 12.7. The number of benzene rings is 3. The van der Waals surface area contributed by atoms with Crippen molar-refractivity contribution in [3.05, 3.63) is 100 Å². The van der Waals surface area contributed by atoms with E-state index in [4.69, 9.17) is 14.2 Å². The van der Waals surface area contributed by atoms with Crippen molar-refractivity contribution in [2.45, 2.75) is 120 Å². The maximum atomic E-state index is 14.3. The zero-order valence-corrected chi connectivity index (χ0v) is 40.4. The number of carbonyl (C=O) groups excluding carboxylic acids is 2. The molecule has 5 heterocycles. The summed E-state index contributed by atoms with van der Waals surface area (Å²) in [5, 5.41) is 17.6. The minimum Gasteiger partial charge on any atom is -0.489 e. The van der Waals surface area contributed by atoms with E-state index < -0.39 is 32.4 Å². The van der Waals surface area contributed by atoms with E-state index in [-0.39, 0.29) is 63.9 Å². The average molecular weight is 960 g/mol. The Labute approximate surface area is 402 Å². The quantitative estimate of drug-likeness (QED) is 0.0680. The van der Waals surface area contributed by atoms with Crippen LogP contribution in [0.25, 0.3) is 11.0 Å². The molecule has 5 aromatic rings. The molecule has 1 spiro atoms. The number of rotatable bonds is 12. The number of amides is 1. The van der Waals surface area contributed by atoms with Gasteiger partial charge in [0.1, 0.15) is 35.1 Å². The van der Waals surface area contributed by atoms with Crippen molar-refractivity contribution in [2.24, 2.45) is 16.5 Å². The molecule has 2 saturated heterocycles. The fraction of sp³-hybridized carbons (Fsp3) is 0.481. The number of sulfonamides is 1. The second kappa shape index (κ2) is 18.4. The lowest BCUT2D eigenvalue weighted by Crippen LogP contribution is -2.54. The number of esters is 1. The molecule has 2 atom stereocenters. The van der Waals surface area contributed by atoms with Gasteiger partial charge in [0.15, 0.2) is 11.4 Å². The van der Waals surface area contributed by atoms with E-state index >= 15 is 0 Å². The highest BCUT2D eigenvalue weighted by Gasteiger charge is 2.50. The summed E-state index contributed by atoms with van der Waals surface area (Å²) in [5.74, 6) is -1.01. The van der Waals surface area contributed by atoms with Gasteiger partial charge >= 0.3 is 5.97 Å². The Kier molecular flexibility index (Phi) is 12.4. The van der Waals surface area contributed by atoms with Crippen LogP contribution in [-0.4, -0.2) is 91.3 Å². The molecule has 364 valence electrons. The number of likely N-dealkylation sites (tertiary alicyclic amines) is 1. The molecular weight excluding hydrogens is 899 g/mol. The number of hydrogen-bond acceptors (Lipinski definition) is 14. The summed E-state index contributed by atoms with van der Waals surface area (Å²) in [6.45, 7) is 9.28. The molecule has 2 aromatic heterocycles. The van der Waals surface area contributed by atoms with Crippen molar-refractivity contribution < 1.29 is 37.3 Å². The summed E-state index contributed by atoms with van der Waals surface area (Å²) in [4.78, 5) is 51.6. The first-order valence-electron chi connectivity index (χ1n) is 24.3. The van der Waals surface area contributed by atoms with Crippen molar-refractivity contribution in [3.8, 4) is 17.2 Å². The fourth-order valence-electron chi connectivity index (χ4n) is 11.7. The van der Waals surface area contributed by atoms with Crippen LogP contribution in [0.15, 0.2) is 83.0 Å². The van der Waals surface area contributed by atoms with Crippen molar-refractivity contribution >= 4 is 50.0 Å². The van der Waals surface area contributed by atoms with Crippen molar-refractivity contribution in [1.82, 2.24) is 19.6 Å². The van der Waals surface area contributed by atoms with Crippen molar-refractivity contribution in [1.29, 1.82) is 0 Å². The Bertz CT molecular complexity index is 2890. The average Bonchev–Trinajstić information content (AvgIpc) is 4.02. The van der Waals surface area contributed by atoms with Gasteiger partial charge in [0, 0.05) is 54.6 Å². The molecule has 10 rings (SSSR count). The summed E-state index contributed by atoms with van der Waals surface area (Å²) < 4.78 is 47.8. The zero-order valence-electron chi connectivity index (χ0n) is 39.6. The van der Waals surface area contributed by atoms with Crippen LogP contribution in [0, 0.1) is 16.2 Å². The number of ether oxygens (including phenoxy) is 3. The van der Waals surface area contributed by atoms with Gasteiger partial charge in [-0.2, -0.15) is 0 Å². The summed E-state index contributed by atoms with van der Waals surface area (Å²) in [5.41, 5.74) is 3.48. The van der Waals surface area contributed by atoms with Gasteiger partial charge in [0.05, 0.1) is 29.2 Å². The molecule has 4 N–H and O–H groups in total. The predicted octanol–water partition coefficient (Wildman–Crippen LogP) is 9.48. The molecule has 0 radical (unpaired) electrons. The first-order chi connectivity index (χ1) is 33.1. The molecular formula is C52H61N7O9S. The number of nitroso groups, excluding NO2 is 1. The Morgan fingerprint density at radius 3 is 2.48 bits per heavy atom. The number of nitrogens with zero attached hydrogens (tertiary/aromatic N) is 4. The van der Waals surface area contributed by atoms with E-state index in [2.05, 4.69) is 73.1 Å². The smallest absolute Gasteiger partial charge is 0.360 e. The number of carbonyl (C=O) groups is 2. The Morgan fingerprint density at radius 2 is 1.74 bits per heavy atom. The number of aromatic amines is 1. The maximum absolute atomic E-state index is 14.3. The molecule has 69 heavy (non-hydrogen) atoms. The van der Waals surface area contributed by atoms with Gasteiger partial charge in [-0.15, -0.1) is 4.91 Å². The Morgan fingerprint density at radius 1 is 0.971 bits per heavy atom. The Hall–Kier alpha value is -6.04. The summed E-state index contributed by atoms with van der Waals surface area (Å²) in [7, 11) is -3.40. The number of piperidine rings is 1. The lowest BCUT2D eigenvalue weighted by Gasteiger charge is -2.56. The molecule has 4 fully saturated rings. The number of anilines is 2. The summed E-state index contributed by atoms with van der Waals surface area (Å²) >= 11 is 0. The monoisotopic (exact) mass is 959 g/mol. The number of methoxy groups -OCH3 is 1. The van der Waals surface area contributed by atoms with Crippen LogP contribution >= 0.6 is 0 Å². The van der Waals surface area contributed by atoms with Gasteiger partial charge in [0.25, 0.3) is 15.9 Å². The standard InChI is InChI=1S/C52H61N7O9S/c1-31(2)37-8-5-6-9-38(37)42-10-7-21-59(42)35-28-52(29-35)18-22-58(23-19-52)34-11-12-39(43(25-34)68-45-24-33-15-20-53-48(33)55-47(45)50(61)66-4)49(60)57-69(64,65)36-26-40(56-63)46-44(27-36)67-30-41(54-46)32-13-16-51(3,62)17-14-32/h5-6,8-9,11-12,15,20,24-27,31-32,35,41-42,54,62H,7,10,13-14,16-19,21-23,28-30H2,1-4H3,(H,53,55)(H,57,60)/t32?,41-,42?,51?/m1/s1. The third kappa shape index (κ3) is 9.16. The highest BCUT2D eigenvalue weighted by atomic mass is 32.2. The molecule has 1 unspecified atom stereocenters. The van der Waals surface area contributed by atoms with E-state index in [0.29, 0.717) is 41.9 Å². The highest BCUT2D eigenvalue weighted by molar-refractivity contribution is 7.90. The molecule has 3 aromatic carbocycles. The maximum Gasteiger partial charge on any atom is 0.360 e. The lowest BCUT2D eigenvalue weighted by atomic mass is 9.59. The number of aliphatic hydroxyl groups is 1. The lowest BCUT2D eigenvalue weighted by molar-refractivity contribution is -0.0227. The topological polar surface area (TPSA) is 205 Å². The number of fused-ring (bicyclic) bond motifs is 2. The minimum absolute atomic E-state index is 0.00345. The molecule has 3 aliphatic heterocycles. The van der Waals surface area contributed by atoms with Gasteiger partial charge in [-0.1, -0.05) is 38.1 Å². The summed E-state index contributed by atoms with van der Waals surface area (Å²) in [6, 6.07) is 20.5. The van der Waals surface area contributed by atoms with Crippen LogP contribution < -0.4 is 24.4 Å². The van der Waals surface area contributed by atoms with Crippen molar-refractivity contribution in [2.75, 3.05) is 43.6 Å². The SMILES string of the molecule is COC(=O)c1nc2[nH]ccc2cc1Oc1cc(N2CCC3(CC2)CC(N2CCCC2c2ccccc2C(C)C)C3)ccc1C(=O)NS(=O)(=O)c1cc(N=O)c2c(c1)OC[C@H](C1CCC(C)(O)CC1)N2. The van der Waals surface area contributed by atoms with Crippen molar-refractivity contribution in [3.63, 3.8) is 0 Å². The van der Waals surface area contributed by atoms with E-state index in [0.717, 1.165) is 69.9 Å². The van der Waals surface area contributed by atoms with Gasteiger partial charge in [-0.25, -0.2) is 22.9 Å². The molecule has 16 nitrogen and oxygen atoms in total. The van der Waals surface area contributed by atoms with Crippen LogP contribution in [0.4, 0.5) is 17.1 Å². The Balaban J connectivity index is 0.884. The van der Waals surface area contributed by atoms with Crippen LogP contribution in [-0.2, 0) is 14.8 Å².